The number of carbonyl (C=O) groups excluding carboxylic acids is 3. The fourth-order valence-electron chi connectivity index (χ4n) is 1.97. The van der Waals surface area contributed by atoms with Crippen molar-refractivity contribution in [1.29, 1.82) is 5.26 Å². The summed E-state index contributed by atoms with van der Waals surface area (Å²) in [5, 5.41) is 14.0. The van der Waals surface area contributed by atoms with E-state index in [0.717, 1.165) is 7.11 Å². The highest BCUT2D eigenvalue weighted by Gasteiger charge is 2.56. The summed E-state index contributed by atoms with van der Waals surface area (Å²) in [6.45, 7) is 5.05. The monoisotopic (exact) mass is 311 g/mol. The van der Waals surface area contributed by atoms with Crippen molar-refractivity contribution < 1.29 is 19.1 Å². The maximum Gasteiger partial charge on any atom is 0.333 e. The van der Waals surface area contributed by atoms with E-state index in [-0.39, 0.29) is 17.3 Å². The number of methoxy groups -OCH3 is 1. The molecule has 2 N–H and O–H groups in total. The van der Waals surface area contributed by atoms with E-state index in [1.807, 2.05) is 0 Å². The molecule has 21 heavy (non-hydrogen) atoms. The van der Waals surface area contributed by atoms with Gasteiger partial charge in [-0.3, -0.25) is 9.59 Å². The van der Waals surface area contributed by atoms with Crippen LogP contribution >= 0.6 is 12.2 Å². The molecule has 1 saturated heterocycles. The topological polar surface area (TPSA) is 108 Å². The molecule has 1 aliphatic heterocycles. The van der Waals surface area contributed by atoms with E-state index in [4.69, 9.17) is 17.0 Å². The van der Waals surface area contributed by atoms with Gasteiger partial charge in [0.05, 0.1) is 13.2 Å². The molecule has 8 heteroatoms. The lowest BCUT2D eigenvalue weighted by Gasteiger charge is -2.39. The molecule has 2 atom stereocenters. The van der Waals surface area contributed by atoms with Crippen LogP contribution in [-0.2, 0) is 19.1 Å². The van der Waals surface area contributed by atoms with E-state index in [9.17, 15) is 19.6 Å². The van der Waals surface area contributed by atoms with Gasteiger partial charge in [0.1, 0.15) is 5.78 Å². The molecule has 1 fully saturated rings. The molecule has 0 aliphatic carbocycles. The van der Waals surface area contributed by atoms with Crippen molar-refractivity contribution in [1.82, 2.24) is 10.6 Å². The van der Waals surface area contributed by atoms with Gasteiger partial charge in [0.25, 0.3) is 0 Å². The lowest BCUT2D eigenvalue weighted by molar-refractivity contribution is -0.155. The van der Waals surface area contributed by atoms with Crippen molar-refractivity contribution in [3.8, 4) is 6.07 Å². The Bertz CT molecular complexity index is 547. The second-order valence-corrected chi connectivity index (χ2v) is 6.23. The number of amides is 1. The van der Waals surface area contributed by atoms with Crippen LogP contribution < -0.4 is 10.6 Å². The normalized spacial score (nSPS) is 25.4. The Balaban J connectivity index is 3.34. The predicted octanol–water partition coefficient (Wildman–Crippen LogP) is 0.0476. The van der Waals surface area contributed by atoms with Crippen LogP contribution in [-0.4, -0.2) is 35.4 Å². The average Bonchev–Trinajstić information content (AvgIpc) is 2.35. The zero-order chi connectivity index (χ0) is 16.4. The van der Waals surface area contributed by atoms with Crippen LogP contribution in [0, 0.1) is 22.7 Å². The van der Waals surface area contributed by atoms with Gasteiger partial charge in [-0.15, -0.1) is 0 Å². The summed E-state index contributed by atoms with van der Waals surface area (Å²) in [6.07, 6.45) is -0.366. The molecule has 0 bridgehead atoms. The third-order valence-electron chi connectivity index (χ3n) is 3.28. The highest BCUT2D eigenvalue weighted by atomic mass is 32.1. The summed E-state index contributed by atoms with van der Waals surface area (Å²) in [7, 11) is 1.12. The Hall–Kier alpha value is -2.01. The van der Waals surface area contributed by atoms with Crippen LogP contribution in [0.25, 0.3) is 0 Å². The molecule has 0 aromatic carbocycles. The highest BCUT2D eigenvalue weighted by molar-refractivity contribution is 7.80. The SMILES string of the molecule is COC(=O)[C@]1(CC(=O)C(C)(C)C)NC(=S)NC(=O)[C@@H]1C#N. The van der Waals surface area contributed by atoms with Gasteiger partial charge < -0.3 is 15.4 Å². The van der Waals surface area contributed by atoms with Crippen molar-refractivity contribution in [2.24, 2.45) is 11.3 Å². The first-order valence-electron chi connectivity index (χ1n) is 6.23. The standard InChI is InChI=1S/C13H17N3O4S/c1-12(2,3)8(17)5-13(10(19)20-4)7(6-14)9(18)15-11(21)16-13/h7H,5H2,1-4H3,(H2,15,16,18,21)/t7-,13+/m0/s1. The van der Waals surface area contributed by atoms with Gasteiger partial charge in [-0.25, -0.2) is 4.79 Å². The number of ether oxygens (including phenoxy) is 1. The molecule has 114 valence electrons. The number of ketones is 1. The number of thiocarbonyl (C=S) groups is 1. The molecule has 0 aromatic heterocycles. The van der Waals surface area contributed by atoms with Gasteiger partial charge in [-0.05, 0) is 12.2 Å². The Morgan fingerprint density at radius 3 is 2.48 bits per heavy atom. The van der Waals surface area contributed by atoms with Crippen LogP contribution in [0.3, 0.4) is 0 Å². The van der Waals surface area contributed by atoms with Crippen LogP contribution in [0.5, 0.6) is 0 Å². The first kappa shape index (κ1) is 17.0. The first-order valence-corrected chi connectivity index (χ1v) is 6.63. The summed E-state index contributed by atoms with van der Waals surface area (Å²) in [4.78, 5) is 36.4. The van der Waals surface area contributed by atoms with E-state index in [0.29, 0.717) is 0 Å². The highest BCUT2D eigenvalue weighted by Crippen LogP contribution is 2.30. The third-order valence-corrected chi connectivity index (χ3v) is 3.49. The average molecular weight is 311 g/mol. The van der Waals surface area contributed by atoms with Crippen molar-refractivity contribution >= 4 is 35.0 Å². The molecule has 1 rings (SSSR count). The van der Waals surface area contributed by atoms with Gasteiger partial charge in [0, 0.05) is 11.8 Å². The first-order chi connectivity index (χ1) is 9.58. The molecule has 0 aromatic rings. The van der Waals surface area contributed by atoms with Gasteiger partial charge in [0.2, 0.25) is 5.91 Å². The predicted molar refractivity (Wildman–Crippen MR) is 76.8 cm³/mol. The van der Waals surface area contributed by atoms with Gasteiger partial charge in [-0.2, -0.15) is 5.26 Å². The van der Waals surface area contributed by atoms with E-state index >= 15 is 0 Å². The molecule has 1 amide bonds. The molecule has 7 nitrogen and oxygen atoms in total. The number of Topliss-reactive ketones (excluding diaryl/α,β-unsaturated/α-hetero) is 1. The molecule has 0 unspecified atom stereocenters. The fourth-order valence-corrected chi connectivity index (χ4v) is 2.25. The van der Waals surface area contributed by atoms with Gasteiger partial charge in [-0.1, -0.05) is 20.8 Å². The zero-order valence-corrected chi connectivity index (χ0v) is 13.1. The fraction of sp³-hybridized carbons (Fsp3) is 0.615. The summed E-state index contributed by atoms with van der Waals surface area (Å²) in [5.74, 6) is -3.31. The summed E-state index contributed by atoms with van der Waals surface area (Å²) in [6, 6.07) is 1.75. The lowest BCUT2D eigenvalue weighted by atomic mass is 9.74. The summed E-state index contributed by atoms with van der Waals surface area (Å²) < 4.78 is 4.69. The minimum Gasteiger partial charge on any atom is -0.467 e. The van der Waals surface area contributed by atoms with E-state index < -0.39 is 28.7 Å². The number of hydrogen-bond acceptors (Lipinski definition) is 6. The smallest absolute Gasteiger partial charge is 0.333 e. The number of hydrogen-bond donors (Lipinski definition) is 2. The maximum atomic E-state index is 12.3. The van der Waals surface area contributed by atoms with Crippen molar-refractivity contribution in [2.45, 2.75) is 32.7 Å². The molecule has 1 aliphatic rings. The third kappa shape index (κ3) is 3.19. The molecular weight excluding hydrogens is 294 g/mol. The van der Waals surface area contributed by atoms with Gasteiger partial charge >= 0.3 is 5.97 Å². The second-order valence-electron chi connectivity index (χ2n) is 5.82. The van der Waals surface area contributed by atoms with Crippen molar-refractivity contribution in [3.63, 3.8) is 0 Å². The summed E-state index contributed by atoms with van der Waals surface area (Å²) >= 11 is 4.87. The molecule has 0 saturated carbocycles. The molecule has 0 radical (unpaired) electrons. The van der Waals surface area contributed by atoms with Crippen LogP contribution in [0.4, 0.5) is 0 Å². The number of nitrogens with zero attached hydrogens (tertiary/aromatic N) is 1. The molecule has 1 heterocycles. The Labute approximate surface area is 128 Å². The second kappa shape index (κ2) is 5.77. The minimum absolute atomic E-state index is 0.112. The lowest BCUT2D eigenvalue weighted by Crippen LogP contribution is -2.70. The number of rotatable bonds is 3. The summed E-state index contributed by atoms with van der Waals surface area (Å²) in [5.41, 5.74) is -2.54. The Morgan fingerprint density at radius 1 is 1.48 bits per heavy atom. The number of nitriles is 1. The van der Waals surface area contributed by atoms with Crippen LogP contribution in [0.15, 0.2) is 0 Å². The van der Waals surface area contributed by atoms with Crippen molar-refractivity contribution in [3.05, 3.63) is 0 Å². The largest absolute Gasteiger partial charge is 0.467 e. The zero-order valence-electron chi connectivity index (χ0n) is 12.3. The number of nitrogens with one attached hydrogen (secondary N) is 2. The Kier molecular flexibility index (Phi) is 4.69. The van der Waals surface area contributed by atoms with E-state index in [2.05, 4.69) is 10.6 Å². The van der Waals surface area contributed by atoms with Crippen molar-refractivity contribution in [2.75, 3.05) is 7.11 Å². The van der Waals surface area contributed by atoms with E-state index in [1.54, 1.807) is 26.8 Å². The minimum atomic E-state index is -1.80. The number of carbonyl (C=O) groups is 3. The van der Waals surface area contributed by atoms with Gasteiger partial charge in [0.15, 0.2) is 16.6 Å². The quantitative estimate of drug-likeness (QED) is 0.560. The number of esters is 1. The molecule has 0 spiro atoms. The maximum absolute atomic E-state index is 12.3. The van der Waals surface area contributed by atoms with Crippen LogP contribution in [0.1, 0.15) is 27.2 Å². The van der Waals surface area contributed by atoms with E-state index in [1.165, 1.54) is 0 Å². The van der Waals surface area contributed by atoms with Crippen LogP contribution in [0.2, 0.25) is 0 Å². The molecular formula is C13H17N3O4S. The Morgan fingerprint density at radius 2 is 2.05 bits per heavy atom.